The number of benzene rings is 1. The number of fused-ring (bicyclic) bond motifs is 3. The molecule has 1 N–H and O–H groups in total. The van der Waals surface area contributed by atoms with Gasteiger partial charge < -0.3 is 14.6 Å². The van der Waals surface area contributed by atoms with Crippen LogP contribution >= 0.6 is 0 Å². The minimum atomic E-state index is -0.514. The van der Waals surface area contributed by atoms with Crippen molar-refractivity contribution in [3.05, 3.63) is 64.9 Å². The lowest BCUT2D eigenvalue weighted by Crippen LogP contribution is -2.36. The highest BCUT2D eigenvalue weighted by Crippen LogP contribution is 2.34. The number of carbonyl (C=O) groups is 1. The van der Waals surface area contributed by atoms with Crippen LogP contribution in [0.25, 0.3) is 10.9 Å². The number of ether oxygens (including phenoxy) is 1. The maximum absolute atomic E-state index is 13.6. The van der Waals surface area contributed by atoms with Gasteiger partial charge in [-0.25, -0.2) is 9.78 Å². The average Bonchev–Trinajstić information content (AvgIpc) is 3.24. The van der Waals surface area contributed by atoms with E-state index in [0.717, 1.165) is 22.2 Å². The van der Waals surface area contributed by atoms with Crippen LogP contribution in [0.15, 0.2) is 36.4 Å². The van der Waals surface area contributed by atoms with E-state index in [1.165, 1.54) is 6.07 Å². The van der Waals surface area contributed by atoms with Crippen LogP contribution in [0.3, 0.4) is 0 Å². The molecule has 1 amide bonds. The maximum Gasteiger partial charge on any atom is 0.407 e. The molecule has 6 nitrogen and oxygen atoms in total. The molecule has 1 aliphatic rings. The molecule has 1 aromatic carbocycles. The molecule has 154 valence electrons. The second kappa shape index (κ2) is 8.15. The van der Waals surface area contributed by atoms with E-state index in [9.17, 15) is 14.4 Å². The Kier molecular flexibility index (Phi) is 5.40. The van der Waals surface area contributed by atoms with Crippen molar-refractivity contribution in [1.82, 2.24) is 14.9 Å². The molecule has 0 radical (unpaired) electrons. The highest BCUT2D eigenvalue weighted by atomic mass is 19.1. The number of hydrogen-bond donors (Lipinski definition) is 1. The normalized spacial score (nSPS) is 15.2. The monoisotopic (exact) mass is 406 g/mol. The van der Waals surface area contributed by atoms with Gasteiger partial charge in [0.15, 0.2) is 0 Å². The van der Waals surface area contributed by atoms with E-state index in [0.29, 0.717) is 37.3 Å². The van der Waals surface area contributed by atoms with E-state index in [1.54, 1.807) is 18.2 Å². The zero-order valence-corrected chi connectivity index (χ0v) is 17.0. The van der Waals surface area contributed by atoms with E-state index in [1.807, 2.05) is 26.0 Å². The summed E-state index contributed by atoms with van der Waals surface area (Å²) in [4.78, 5) is 16.1. The molecule has 2 aromatic heterocycles. The van der Waals surface area contributed by atoms with Gasteiger partial charge in [-0.15, -0.1) is 0 Å². The van der Waals surface area contributed by atoms with E-state index >= 15 is 0 Å². The molecule has 4 rings (SSSR count). The van der Waals surface area contributed by atoms with Gasteiger partial charge in [-0.05, 0) is 48.2 Å². The highest BCUT2D eigenvalue weighted by molar-refractivity contribution is 5.88. The molecule has 0 aliphatic heterocycles. The summed E-state index contributed by atoms with van der Waals surface area (Å²) in [6, 6.07) is 12.4. The molecule has 0 bridgehead atoms. The lowest BCUT2D eigenvalue weighted by molar-refractivity contribution is 0.129. The fourth-order valence-electron chi connectivity index (χ4n) is 3.99. The van der Waals surface area contributed by atoms with Gasteiger partial charge in [0, 0.05) is 29.1 Å². The van der Waals surface area contributed by atoms with Crippen LogP contribution < -0.4 is 5.32 Å². The van der Waals surface area contributed by atoms with Gasteiger partial charge in [0.1, 0.15) is 0 Å². The van der Waals surface area contributed by atoms with Gasteiger partial charge >= 0.3 is 6.09 Å². The van der Waals surface area contributed by atoms with Crippen molar-refractivity contribution >= 4 is 17.0 Å². The van der Waals surface area contributed by atoms with Crippen LogP contribution in [0.1, 0.15) is 36.4 Å². The van der Waals surface area contributed by atoms with Crippen molar-refractivity contribution < 1.29 is 13.9 Å². The van der Waals surface area contributed by atoms with Crippen LogP contribution in [0.4, 0.5) is 9.18 Å². The molecule has 0 saturated carbocycles. The Hall–Kier alpha value is -3.40. The summed E-state index contributed by atoms with van der Waals surface area (Å²) in [5, 5.41) is 13.2. The largest absolute Gasteiger partial charge is 0.449 e. The number of hydrogen-bond acceptors (Lipinski definition) is 4. The van der Waals surface area contributed by atoms with Gasteiger partial charge in [-0.1, -0.05) is 19.9 Å². The number of pyridine rings is 1. The van der Waals surface area contributed by atoms with Gasteiger partial charge in [0.05, 0.1) is 30.5 Å². The first-order chi connectivity index (χ1) is 14.4. The van der Waals surface area contributed by atoms with Crippen molar-refractivity contribution in [1.29, 1.82) is 5.26 Å². The molecule has 0 saturated heterocycles. The highest BCUT2D eigenvalue weighted by Gasteiger charge is 2.30. The lowest BCUT2D eigenvalue weighted by atomic mass is 10.1. The predicted octanol–water partition coefficient (Wildman–Crippen LogP) is 3.94. The molecule has 1 atom stereocenters. The van der Waals surface area contributed by atoms with Crippen LogP contribution in [0.5, 0.6) is 0 Å². The second-order valence-corrected chi connectivity index (χ2v) is 8.05. The molecular formula is C23H23FN4O2. The number of nitriles is 1. The first kappa shape index (κ1) is 19.9. The number of nitrogens with one attached hydrogen (secondary N) is 1. The number of carbonyl (C=O) groups excluding carboxylic acids is 1. The Morgan fingerprint density at radius 3 is 2.93 bits per heavy atom. The minimum absolute atomic E-state index is 0.0866. The fourth-order valence-corrected chi connectivity index (χ4v) is 3.99. The second-order valence-electron chi connectivity index (χ2n) is 8.05. The third kappa shape index (κ3) is 3.99. The summed E-state index contributed by atoms with van der Waals surface area (Å²) in [7, 11) is 0. The van der Waals surface area contributed by atoms with Gasteiger partial charge in [-0.2, -0.15) is 9.65 Å². The number of nitrogens with zero attached hydrogens (tertiary/aromatic N) is 3. The van der Waals surface area contributed by atoms with Crippen molar-refractivity contribution in [3.8, 4) is 6.07 Å². The molecule has 0 spiro atoms. The third-order valence-corrected chi connectivity index (χ3v) is 5.27. The lowest BCUT2D eigenvalue weighted by Gasteiger charge is -2.15. The smallest absolute Gasteiger partial charge is 0.407 e. The van der Waals surface area contributed by atoms with Gasteiger partial charge in [-0.3, -0.25) is 0 Å². The molecule has 1 aliphatic carbocycles. The zero-order valence-electron chi connectivity index (χ0n) is 17.0. The Morgan fingerprint density at radius 2 is 2.20 bits per heavy atom. The minimum Gasteiger partial charge on any atom is -0.449 e. The van der Waals surface area contributed by atoms with Gasteiger partial charge in [0.25, 0.3) is 0 Å². The average molecular weight is 406 g/mol. The van der Waals surface area contributed by atoms with Crippen LogP contribution in [0, 0.1) is 23.2 Å². The predicted molar refractivity (Wildman–Crippen MR) is 110 cm³/mol. The molecule has 0 fully saturated rings. The Bertz CT molecular complexity index is 1150. The van der Waals surface area contributed by atoms with Crippen molar-refractivity contribution in [2.24, 2.45) is 5.92 Å². The molecule has 2 heterocycles. The number of aromatic nitrogens is 2. The van der Waals surface area contributed by atoms with Crippen LogP contribution in [-0.2, 0) is 24.1 Å². The Labute approximate surface area is 174 Å². The fraction of sp³-hybridized carbons (Fsp3) is 0.348. The third-order valence-electron chi connectivity index (χ3n) is 5.27. The SMILES string of the molecule is CC(C)COC(=O)NC1Cc2c(n(Cc3cccc(F)n3)c3ccc(C#N)cc23)C1. The van der Waals surface area contributed by atoms with Crippen LogP contribution in [-0.4, -0.2) is 28.3 Å². The maximum atomic E-state index is 13.6. The molecule has 1 unspecified atom stereocenters. The number of alkyl carbamates (subject to hydrolysis) is 1. The van der Waals surface area contributed by atoms with Gasteiger partial charge in [0.2, 0.25) is 5.95 Å². The molecule has 7 heteroatoms. The summed E-state index contributed by atoms with van der Waals surface area (Å²) < 4.78 is 21.0. The Morgan fingerprint density at radius 1 is 1.37 bits per heavy atom. The molecule has 3 aromatic rings. The summed E-state index contributed by atoms with van der Waals surface area (Å²) in [5.41, 5.74) is 4.35. The van der Waals surface area contributed by atoms with E-state index in [2.05, 4.69) is 20.9 Å². The Balaban J connectivity index is 1.65. The van der Waals surface area contributed by atoms with E-state index in [4.69, 9.17) is 4.74 Å². The first-order valence-electron chi connectivity index (χ1n) is 10.0. The van der Waals surface area contributed by atoms with Crippen molar-refractivity contribution in [2.45, 2.75) is 39.3 Å². The summed E-state index contributed by atoms with van der Waals surface area (Å²) >= 11 is 0. The summed E-state index contributed by atoms with van der Waals surface area (Å²) in [6.07, 6.45) is 0.873. The zero-order chi connectivity index (χ0) is 21.3. The number of rotatable bonds is 5. The van der Waals surface area contributed by atoms with Crippen molar-refractivity contribution in [2.75, 3.05) is 6.61 Å². The van der Waals surface area contributed by atoms with Crippen molar-refractivity contribution in [3.63, 3.8) is 0 Å². The first-order valence-corrected chi connectivity index (χ1v) is 10.0. The molecular weight excluding hydrogens is 383 g/mol. The summed E-state index contributed by atoms with van der Waals surface area (Å²) in [5.74, 6) is -0.243. The van der Waals surface area contributed by atoms with Crippen LogP contribution in [0.2, 0.25) is 0 Å². The standard InChI is InChI=1S/C23H23FN4O2/c1-14(2)13-30-23(29)27-17-9-19-18-8-15(11-25)6-7-20(18)28(21(19)10-17)12-16-4-3-5-22(24)26-16/h3-8,14,17H,9-10,12-13H2,1-2H3,(H,27,29). The summed E-state index contributed by atoms with van der Waals surface area (Å²) in [6.45, 7) is 4.76. The number of amides is 1. The number of halogens is 1. The topological polar surface area (TPSA) is 79.9 Å². The molecule has 30 heavy (non-hydrogen) atoms. The van der Waals surface area contributed by atoms with E-state index < -0.39 is 12.0 Å². The quantitative estimate of drug-likeness (QED) is 0.651. The van der Waals surface area contributed by atoms with E-state index in [-0.39, 0.29) is 12.0 Å².